The van der Waals surface area contributed by atoms with Crippen molar-refractivity contribution in [2.45, 2.75) is 12.5 Å². The molecule has 0 aliphatic carbocycles. The zero-order valence-electron chi connectivity index (χ0n) is 7.87. The molecule has 1 rings (SSSR count). The number of hydrogen-bond acceptors (Lipinski definition) is 4. The molecule has 13 heavy (non-hydrogen) atoms. The third-order valence-corrected chi connectivity index (χ3v) is 2.11. The summed E-state index contributed by atoms with van der Waals surface area (Å²) in [6.45, 7) is 1.42. The lowest BCUT2D eigenvalue weighted by atomic mass is 10.1. The molecule has 0 spiro atoms. The Morgan fingerprint density at radius 1 is 1.77 bits per heavy atom. The monoisotopic (exact) mass is 186 g/mol. The number of esters is 1. The maximum absolute atomic E-state index is 11.4. The van der Waals surface area contributed by atoms with Gasteiger partial charge in [-0.15, -0.1) is 0 Å². The molecular weight excluding hydrogens is 172 g/mol. The molecule has 1 unspecified atom stereocenters. The summed E-state index contributed by atoms with van der Waals surface area (Å²) >= 11 is 0. The lowest BCUT2D eigenvalue weighted by Gasteiger charge is -2.29. The molecule has 5 nitrogen and oxygen atoms in total. The van der Waals surface area contributed by atoms with Crippen molar-refractivity contribution in [2.24, 2.45) is 0 Å². The number of rotatable bonds is 2. The van der Waals surface area contributed by atoms with Crippen molar-refractivity contribution < 1.29 is 14.3 Å². The quantitative estimate of drug-likeness (QED) is 0.561. The SMILES string of the molecule is COC(=O)CC1NCCN(C)C1=O. The molecule has 1 heterocycles. The Morgan fingerprint density at radius 2 is 2.46 bits per heavy atom. The molecule has 5 heteroatoms. The number of nitrogens with zero attached hydrogens (tertiary/aromatic N) is 1. The average Bonchev–Trinajstić information content (AvgIpc) is 2.13. The molecule has 1 saturated heterocycles. The average molecular weight is 186 g/mol. The molecule has 0 aromatic rings. The number of likely N-dealkylation sites (N-methyl/N-ethyl adjacent to an activating group) is 1. The van der Waals surface area contributed by atoms with Crippen LogP contribution in [0, 0.1) is 0 Å². The topological polar surface area (TPSA) is 58.6 Å². The first-order valence-electron chi connectivity index (χ1n) is 4.20. The third kappa shape index (κ3) is 2.42. The first-order valence-corrected chi connectivity index (χ1v) is 4.20. The number of ether oxygens (including phenoxy) is 1. The molecule has 0 aromatic heterocycles. The Labute approximate surface area is 77.0 Å². The summed E-state index contributed by atoms with van der Waals surface area (Å²) in [4.78, 5) is 23.9. The standard InChI is InChI=1S/C8H14N2O3/c1-10-4-3-9-6(8(10)12)5-7(11)13-2/h6,9H,3-5H2,1-2H3. The van der Waals surface area contributed by atoms with Gasteiger partial charge in [-0.1, -0.05) is 0 Å². The van der Waals surface area contributed by atoms with E-state index in [2.05, 4.69) is 10.1 Å². The highest BCUT2D eigenvalue weighted by Crippen LogP contribution is 2.03. The summed E-state index contributed by atoms with van der Waals surface area (Å²) in [7, 11) is 3.05. The van der Waals surface area contributed by atoms with Crippen molar-refractivity contribution in [3.05, 3.63) is 0 Å². The second-order valence-corrected chi connectivity index (χ2v) is 3.05. The van der Waals surface area contributed by atoms with Crippen LogP contribution in [0.2, 0.25) is 0 Å². The van der Waals surface area contributed by atoms with Crippen LogP contribution in [0.25, 0.3) is 0 Å². The van der Waals surface area contributed by atoms with Crippen LogP contribution in [-0.4, -0.2) is 50.1 Å². The molecule has 1 atom stereocenters. The van der Waals surface area contributed by atoms with E-state index in [9.17, 15) is 9.59 Å². The molecule has 74 valence electrons. The first kappa shape index (κ1) is 9.98. The highest BCUT2D eigenvalue weighted by molar-refractivity contribution is 5.87. The number of methoxy groups -OCH3 is 1. The molecular formula is C8H14N2O3. The van der Waals surface area contributed by atoms with Crippen LogP contribution in [0.1, 0.15) is 6.42 Å². The number of amides is 1. The van der Waals surface area contributed by atoms with Crippen LogP contribution in [0.3, 0.4) is 0 Å². The Bertz CT molecular complexity index is 217. The van der Waals surface area contributed by atoms with Crippen LogP contribution < -0.4 is 5.32 Å². The van der Waals surface area contributed by atoms with Gasteiger partial charge in [-0.25, -0.2) is 0 Å². The Balaban J connectivity index is 2.49. The molecule has 0 aromatic carbocycles. The minimum Gasteiger partial charge on any atom is -0.469 e. The van der Waals surface area contributed by atoms with E-state index in [4.69, 9.17) is 0 Å². The third-order valence-electron chi connectivity index (χ3n) is 2.11. The van der Waals surface area contributed by atoms with Crippen LogP contribution in [-0.2, 0) is 14.3 Å². The maximum Gasteiger partial charge on any atom is 0.307 e. The van der Waals surface area contributed by atoms with Gasteiger partial charge in [-0.05, 0) is 0 Å². The predicted octanol–water partition coefficient (Wildman–Crippen LogP) is -1.02. The van der Waals surface area contributed by atoms with Crippen molar-refractivity contribution in [3.8, 4) is 0 Å². The van der Waals surface area contributed by atoms with Crippen LogP contribution in [0.15, 0.2) is 0 Å². The Kier molecular flexibility index (Phi) is 3.25. The van der Waals surface area contributed by atoms with Gasteiger partial charge in [0.25, 0.3) is 0 Å². The first-order chi connectivity index (χ1) is 6.15. The van der Waals surface area contributed by atoms with E-state index in [1.807, 2.05) is 0 Å². The molecule has 0 bridgehead atoms. The van der Waals surface area contributed by atoms with Gasteiger partial charge in [0.15, 0.2) is 0 Å². The summed E-state index contributed by atoms with van der Waals surface area (Å²) < 4.78 is 4.49. The molecule has 1 aliphatic rings. The lowest BCUT2D eigenvalue weighted by molar-refractivity contribution is -0.145. The van der Waals surface area contributed by atoms with Crippen molar-refractivity contribution in [3.63, 3.8) is 0 Å². The molecule has 1 fully saturated rings. The largest absolute Gasteiger partial charge is 0.469 e. The van der Waals surface area contributed by atoms with E-state index in [0.717, 1.165) is 6.54 Å². The van der Waals surface area contributed by atoms with Gasteiger partial charge in [-0.3, -0.25) is 9.59 Å². The fourth-order valence-corrected chi connectivity index (χ4v) is 1.28. The van der Waals surface area contributed by atoms with E-state index in [-0.39, 0.29) is 18.3 Å². The van der Waals surface area contributed by atoms with Crippen molar-refractivity contribution >= 4 is 11.9 Å². The molecule has 0 radical (unpaired) electrons. The number of hydrogen-bond donors (Lipinski definition) is 1. The Morgan fingerprint density at radius 3 is 3.08 bits per heavy atom. The van der Waals surface area contributed by atoms with E-state index in [1.165, 1.54) is 7.11 Å². The zero-order chi connectivity index (χ0) is 9.84. The van der Waals surface area contributed by atoms with Gasteiger partial charge in [0.1, 0.15) is 0 Å². The maximum atomic E-state index is 11.4. The number of carbonyl (C=O) groups excluding carboxylic acids is 2. The predicted molar refractivity (Wildman–Crippen MR) is 46.1 cm³/mol. The fourth-order valence-electron chi connectivity index (χ4n) is 1.28. The minimum absolute atomic E-state index is 0.0448. The van der Waals surface area contributed by atoms with Gasteiger partial charge in [0.2, 0.25) is 5.91 Å². The van der Waals surface area contributed by atoms with Crippen LogP contribution in [0.4, 0.5) is 0 Å². The smallest absolute Gasteiger partial charge is 0.307 e. The van der Waals surface area contributed by atoms with Gasteiger partial charge < -0.3 is 15.0 Å². The number of carbonyl (C=O) groups is 2. The lowest BCUT2D eigenvalue weighted by Crippen LogP contribution is -2.54. The second-order valence-electron chi connectivity index (χ2n) is 3.05. The highest BCUT2D eigenvalue weighted by atomic mass is 16.5. The number of piperazine rings is 1. The minimum atomic E-state index is -0.411. The highest BCUT2D eigenvalue weighted by Gasteiger charge is 2.27. The number of nitrogens with one attached hydrogen (secondary N) is 1. The summed E-state index contributed by atoms with van der Waals surface area (Å²) in [5.74, 6) is -0.405. The van der Waals surface area contributed by atoms with Crippen molar-refractivity contribution in [1.82, 2.24) is 10.2 Å². The van der Waals surface area contributed by atoms with Crippen molar-refractivity contribution in [2.75, 3.05) is 27.2 Å². The van der Waals surface area contributed by atoms with Gasteiger partial charge in [-0.2, -0.15) is 0 Å². The van der Waals surface area contributed by atoms with Gasteiger partial charge in [0, 0.05) is 20.1 Å². The normalized spacial score (nSPS) is 23.1. The van der Waals surface area contributed by atoms with Crippen LogP contribution >= 0.6 is 0 Å². The van der Waals surface area contributed by atoms with Gasteiger partial charge >= 0.3 is 5.97 Å². The second kappa shape index (κ2) is 4.23. The van der Waals surface area contributed by atoms with Gasteiger partial charge in [0.05, 0.1) is 19.6 Å². The molecule has 1 aliphatic heterocycles. The Hall–Kier alpha value is -1.10. The summed E-state index contributed by atoms with van der Waals surface area (Å²) in [5.41, 5.74) is 0. The summed E-state index contributed by atoms with van der Waals surface area (Å²) in [6, 6.07) is -0.411. The van der Waals surface area contributed by atoms with Crippen molar-refractivity contribution in [1.29, 1.82) is 0 Å². The summed E-state index contributed by atoms with van der Waals surface area (Å²) in [5, 5.41) is 2.97. The summed E-state index contributed by atoms with van der Waals surface area (Å²) in [6.07, 6.45) is 0.111. The fraction of sp³-hybridized carbons (Fsp3) is 0.750. The molecule has 0 saturated carbocycles. The molecule has 1 amide bonds. The molecule has 1 N–H and O–H groups in total. The van der Waals surface area contributed by atoms with E-state index in [1.54, 1.807) is 11.9 Å². The van der Waals surface area contributed by atoms with E-state index in [0.29, 0.717) is 6.54 Å². The van der Waals surface area contributed by atoms with Crippen LogP contribution in [0.5, 0.6) is 0 Å². The van der Waals surface area contributed by atoms with E-state index < -0.39 is 6.04 Å². The zero-order valence-corrected chi connectivity index (χ0v) is 7.87. The van der Waals surface area contributed by atoms with E-state index >= 15 is 0 Å².